The molecule has 106 valence electrons. The summed E-state index contributed by atoms with van der Waals surface area (Å²) in [5.74, 6) is -0.225. The minimum atomic E-state index is -0.449. The van der Waals surface area contributed by atoms with Gasteiger partial charge in [-0.25, -0.2) is 0 Å². The van der Waals surface area contributed by atoms with Crippen LogP contribution in [0.4, 0.5) is 0 Å². The Hall–Kier alpha value is -1.66. The first-order valence-electron chi connectivity index (χ1n) is 6.38. The molecule has 1 spiro atoms. The Morgan fingerprint density at radius 1 is 1.50 bits per heavy atom. The van der Waals surface area contributed by atoms with Crippen LogP contribution in [0.25, 0.3) is 0 Å². The fourth-order valence-electron chi connectivity index (χ4n) is 2.57. The lowest BCUT2D eigenvalue weighted by Crippen LogP contribution is -2.54. The molecule has 1 atom stereocenters. The molecule has 2 fully saturated rings. The Morgan fingerprint density at radius 3 is 3.05 bits per heavy atom. The number of halogens is 1. The number of pyridine rings is 1. The van der Waals surface area contributed by atoms with Gasteiger partial charge in [0.1, 0.15) is 12.2 Å². The van der Waals surface area contributed by atoms with E-state index in [1.165, 1.54) is 12.4 Å². The summed E-state index contributed by atoms with van der Waals surface area (Å²) in [5, 5.41) is 3.22. The van der Waals surface area contributed by atoms with Crippen molar-refractivity contribution in [3.05, 3.63) is 29.0 Å². The summed E-state index contributed by atoms with van der Waals surface area (Å²) in [6.45, 7) is 1.57. The molecule has 0 aromatic carbocycles. The van der Waals surface area contributed by atoms with Gasteiger partial charge in [0, 0.05) is 25.5 Å². The number of amides is 2. The second-order valence-corrected chi connectivity index (χ2v) is 5.55. The fourth-order valence-corrected chi connectivity index (χ4v) is 2.75. The fraction of sp³-hybridized carbons (Fsp3) is 0.462. The van der Waals surface area contributed by atoms with E-state index in [9.17, 15) is 9.59 Å². The number of ether oxygens (including phenoxy) is 1. The molecule has 3 heterocycles. The average molecular weight is 296 g/mol. The SMILES string of the molecule is O=C1CO[C@]2(CCN(C(=O)c3cncc(Cl)c3)C2)CN1. The number of aromatic nitrogens is 1. The van der Waals surface area contributed by atoms with Gasteiger partial charge >= 0.3 is 0 Å². The first kappa shape index (κ1) is 13.3. The molecule has 2 aliphatic rings. The third-order valence-electron chi connectivity index (χ3n) is 3.67. The lowest BCUT2D eigenvalue weighted by atomic mass is 10.0. The summed E-state index contributed by atoms with van der Waals surface area (Å²) >= 11 is 5.85. The molecule has 0 bridgehead atoms. The van der Waals surface area contributed by atoms with Gasteiger partial charge in [0.2, 0.25) is 5.91 Å². The second kappa shape index (κ2) is 5.03. The van der Waals surface area contributed by atoms with Crippen molar-refractivity contribution in [2.24, 2.45) is 0 Å². The molecule has 2 amide bonds. The van der Waals surface area contributed by atoms with Crippen LogP contribution in [0, 0.1) is 0 Å². The van der Waals surface area contributed by atoms with E-state index in [2.05, 4.69) is 10.3 Å². The Bertz CT molecular complexity index is 554. The average Bonchev–Trinajstić information content (AvgIpc) is 2.86. The molecule has 7 heteroatoms. The zero-order valence-corrected chi connectivity index (χ0v) is 11.5. The number of morpholine rings is 1. The Kier molecular flexibility index (Phi) is 3.35. The van der Waals surface area contributed by atoms with Gasteiger partial charge in [-0.05, 0) is 12.5 Å². The van der Waals surface area contributed by atoms with E-state index >= 15 is 0 Å². The third kappa shape index (κ3) is 2.48. The standard InChI is InChI=1S/C13H14ClN3O3/c14-10-3-9(4-15-5-10)12(19)17-2-1-13(8-17)7-16-11(18)6-20-13/h3-5H,1-2,6-8H2,(H,16,18)/t13-/m1/s1. The quantitative estimate of drug-likeness (QED) is 0.817. The molecule has 0 aliphatic carbocycles. The van der Waals surface area contributed by atoms with E-state index in [1.807, 2.05) is 0 Å². The number of hydrogen-bond donors (Lipinski definition) is 1. The van der Waals surface area contributed by atoms with Gasteiger partial charge in [-0.3, -0.25) is 14.6 Å². The van der Waals surface area contributed by atoms with Crippen molar-refractivity contribution in [1.29, 1.82) is 0 Å². The molecule has 20 heavy (non-hydrogen) atoms. The van der Waals surface area contributed by atoms with E-state index in [1.54, 1.807) is 11.0 Å². The number of carbonyl (C=O) groups is 2. The normalized spacial score (nSPS) is 25.9. The highest BCUT2D eigenvalue weighted by molar-refractivity contribution is 6.30. The number of nitrogens with zero attached hydrogens (tertiary/aromatic N) is 2. The predicted octanol–water partition coefficient (Wildman–Crippen LogP) is 0.466. The zero-order chi connectivity index (χ0) is 14.2. The monoisotopic (exact) mass is 295 g/mol. The van der Waals surface area contributed by atoms with Gasteiger partial charge in [-0.2, -0.15) is 0 Å². The maximum Gasteiger partial charge on any atom is 0.255 e. The minimum absolute atomic E-state index is 0.0563. The summed E-state index contributed by atoms with van der Waals surface area (Å²) in [6.07, 6.45) is 3.71. The second-order valence-electron chi connectivity index (χ2n) is 5.12. The highest BCUT2D eigenvalue weighted by atomic mass is 35.5. The highest BCUT2D eigenvalue weighted by Gasteiger charge is 2.43. The Labute approximate surface area is 121 Å². The number of hydrogen-bond acceptors (Lipinski definition) is 4. The molecular weight excluding hydrogens is 282 g/mol. The van der Waals surface area contributed by atoms with Gasteiger partial charge in [0.25, 0.3) is 5.91 Å². The molecule has 2 saturated heterocycles. The van der Waals surface area contributed by atoms with Crippen molar-refractivity contribution in [2.75, 3.05) is 26.2 Å². The number of carbonyl (C=O) groups excluding carboxylic acids is 2. The van der Waals surface area contributed by atoms with Crippen LogP contribution in [0.1, 0.15) is 16.8 Å². The maximum absolute atomic E-state index is 12.4. The molecule has 0 radical (unpaired) electrons. The van der Waals surface area contributed by atoms with Crippen LogP contribution < -0.4 is 5.32 Å². The minimum Gasteiger partial charge on any atom is -0.361 e. The lowest BCUT2D eigenvalue weighted by molar-refractivity contribution is -0.141. The van der Waals surface area contributed by atoms with Crippen molar-refractivity contribution >= 4 is 23.4 Å². The predicted molar refractivity (Wildman–Crippen MR) is 71.5 cm³/mol. The lowest BCUT2D eigenvalue weighted by Gasteiger charge is -2.33. The molecule has 3 rings (SSSR count). The Balaban J connectivity index is 1.71. The van der Waals surface area contributed by atoms with E-state index in [0.717, 1.165) is 0 Å². The first-order valence-corrected chi connectivity index (χ1v) is 6.76. The van der Waals surface area contributed by atoms with E-state index < -0.39 is 5.60 Å². The third-order valence-corrected chi connectivity index (χ3v) is 3.88. The summed E-state index contributed by atoms with van der Waals surface area (Å²) in [5.41, 5.74) is 0.0182. The molecule has 0 saturated carbocycles. The van der Waals surface area contributed by atoms with Gasteiger partial charge in [0.05, 0.1) is 17.1 Å². The van der Waals surface area contributed by atoms with Crippen molar-refractivity contribution in [3.63, 3.8) is 0 Å². The topological polar surface area (TPSA) is 71.5 Å². The van der Waals surface area contributed by atoms with E-state index in [0.29, 0.717) is 36.6 Å². The van der Waals surface area contributed by atoms with Crippen LogP contribution in [-0.4, -0.2) is 53.5 Å². The van der Waals surface area contributed by atoms with Crippen LogP contribution in [0.3, 0.4) is 0 Å². The van der Waals surface area contributed by atoms with Crippen LogP contribution >= 0.6 is 11.6 Å². The van der Waals surface area contributed by atoms with Crippen molar-refractivity contribution in [2.45, 2.75) is 12.0 Å². The molecule has 1 aromatic rings. The van der Waals surface area contributed by atoms with E-state index in [-0.39, 0.29) is 18.4 Å². The molecule has 1 N–H and O–H groups in total. The molecular formula is C13H14ClN3O3. The summed E-state index contributed by atoms with van der Waals surface area (Å²) in [6, 6.07) is 1.60. The molecule has 2 aliphatic heterocycles. The van der Waals surface area contributed by atoms with Gasteiger partial charge in [0.15, 0.2) is 0 Å². The Morgan fingerprint density at radius 2 is 2.35 bits per heavy atom. The van der Waals surface area contributed by atoms with Crippen LogP contribution in [0.2, 0.25) is 5.02 Å². The van der Waals surface area contributed by atoms with Gasteiger partial charge in [-0.1, -0.05) is 11.6 Å². The number of nitrogens with one attached hydrogen (secondary N) is 1. The molecule has 0 unspecified atom stereocenters. The molecule has 6 nitrogen and oxygen atoms in total. The first-order chi connectivity index (χ1) is 9.58. The summed E-state index contributed by atoms with van der Waals surface area (Å²) in [7, 11) is 0. The van der Waals surface area contributed by atoms with Crippen LogP contribution in [0.5, 0.6) is 0 Å². The largest absolute Gasteiger partial charge is 0.361 e. The zero-order valence-electron chi connectivity index (χ0n) is 10.8. The van der Waals surface area contributed by atoms with Gasteiger partial charge < -0.3 is 15.0 Å². The summed E-state index contributed by atoms with van der Waals surface area (Å²) in [4.78, 5) is 29.1. The van der Waals surface area contributed by atoms with Crippen molar-refractivity contribution < 1.29 is 14.3 Å². The van der Waals surface area contributed by atoms with E-state index in [4.69, 9.17) is 16.3 Å². The highest BCUT2D eigenvalue weighted by Crippen LogP contribution is 2.28. The number of rotatable bonds is 1. The van der Waals surface area contributed by atoms with Crippen molar-refractivity contribution in [3.8, 4) is 0 Å². The smallest absolute Gasteiger partial charge is 0.255 e. The van der Waals surface area contributed by atoms with Gasteiger partial charge in [-0.15, -0.1) is 0 Å². The summed E-state index contributed by atoms with van der Waals surface area (Å²) < 4.78 is 5.63. The molecule has 1 aromatic heterocycles. The van der Waals surface area contributed by atoms with Crippen molar-refractivity contribution in [1.82, 2.24) is 15.2 Å². The van der Waals surface area contributed by atoms with Crippen LogP contribution in [-0.2, 0) is 9.53 Å². The van der Waals surface area contributed by atoms with Crippen LogP contribution in [0.15, 0.2) is 18.5 Å². The number of likely N-dealkylation sites (tertiary alicyclic amines) is 1. The maximum atomic E-state index is 12.4.